The third-order valence-corrected chi connectivity index (χ3v) is 4.37. The Labute approximate surface area is 133 Å². The summed E-state index contributed by atoms with van der Waals surface area (Å²) in [4.78, 5) is 25.1. The molecule has 1 N–H and O–H groups in total. The summed E-state index contributed by atoms with van der Waals surface area (Å²) in [5.74, 6) is -1.38. The topological polar surface area (TPSA) is 57.6 Å². The third kappa shape index (κ3) is 3.69. The number of likely N-dealkylation sites (tertiary alicyclic amines) is 1. The van der Waals surface area contributed by atoms with E-state index < -0.39 is 12.0 Å². The van der Waals surface area contributed by atoms with Crippen LogP contribution in [0.3, 0.4) is 0 Å². The van der Waals surface area contributed by atoms with Crippen LogP contribution in [0.1, 0.15) is 25.3 Å². The molecular formula is C15H17Cl2NO3. The molecule has 1 aromatic carbocycles. The second kappa shape index (κ2) is 6.67. The first-order valence-electron chi connectivity index (χ1n) is 6.87. The predicted octanol–water partition coefficient (Wildman–Crippen LogP) is 3.25. The van der Waals surface area contributed by atoms with Crippen LogP contribution in [-0.4, -0.2) is 34.5 Å². The molecule has 1 saturated heterocycles. The summed E-state index contributed by atoms with van der Waals surface area (Å²) in [7, 11) is 0. The van der Waals surface area contributed by atoms with Crippen molar-refractivity contribution in [2.24, 2.45) is 5.92 Å². The van der Waals surface area contributed by atoms with Gasteiger partial charge in [-0.05, 0) is 37.0 Å². The maximum Gasteiger partial charge on any atom is 0.326 e. The van der Waals surface area contributed by atoms with Gasteiger partial charge in [0.1, 0.15) is 6.04 Å². The van der Waals surface area contributed by atoms with Crippen molar-refractivity contribution in [3.8, 4) is 0 Å². The molecule has 1 unspecified atom stereocenters. The van der Waals surface area contributed by atoms with Crippen molar-refractivity contribution in [3.63, 3.8) is 0 Å². The molecule has 21 heavy (non-hydrogen) atoms. The first-order chi connectivity index (χ1) is 9.90. The number of carboxylic acids is 1. The minimum absolute atomic E-state index is 0.133. The second-order valence-electron chi connectivity index (χ2n) is 5.37. The lowest BCUT2D eigenvalue weighted by molar-refractivity contribution is -0.149. The molecule has 0 radical (unpaired) electrons. The molecule has 1 amide bonds. The van der Waals surface area contributed by atoms with Gasteiger partial charge in [0.05, 0.1) is 0 Å². The lowest BCUT2D eigenvalue weighted by Crippen LogP contribution is -2.43. The second-order valence-corrected chi connectivity index (χ2v) is 6.21. The van der Waals surface area contributed by atoms with Crippen LogP contribution in [0, 0.1) is 5.92 Å². The molecule has 0 saturated carbocycles. The fourth-order valence-electron chi connectivity index (χ4n) is 2.67. The van der Waals surface area contributed by atoms with Crippen LogP contribution in [0.2, 0.25) is 10.0 Å². The summed E-state index contributed by atoms with van der Waals surface area (Å²) in [6.07, 6.45) is 1.73. The monoisotopic (exact) mass is 329 g/mol. The molecule has 1 heterocycles. The molecule has 0 spiro atoms. The van der Waals surface area contributed by atoms with Crippen molar-refractivity contribution >= 4 is 35.1 Å². The highest BCUT2D eigenvalue weighted by Gasteiger charge is 2.35. The zero-order valence-electron chi connectivity index (χ0n) is 11.7. The maximum absolute atomic E-state index is 12.4. The number of aliphatic carboxylic acids is 1. The molecule has 1 aliphatic rings. The molecule has 1 aliphatic heterocycles. The largest absolute Gasteiger partial charge is 0.480 e. The van der Waals surface area contributed by atoms with E-state index in [1.165, 1.54) is 4.90 Å². The Morgan fingerprint density at radius 1 is 1.43 bits per heavy atom. The highest BCUT2D eigenvalue weighted by Crippen LogP contribution is 2.26. The quantitative estimate of drug-likeness (QED) is 0.922. The Balaban J connectivity index is 2.07. The van der Waals surface area contributed by atoms with E-state index in [4.69, 9.17) is 28.3 Å². The van der Waals surface area contributed by atoms with E-state index in [0.29, 0.717) is 29.4 Å². The number of benzene rings is 1. The van der Waals surface area contributed by atoms with Gasteiger partial charge in [0.25, 0.3) is 0 Å². The van der Waals surface area contributed by atoms with Crippen LogP contribution in [0.25, 0.3) is 0 Å². The van der Waals surface area contributed by atoms with E-state index in [2.05, 4.69) is 0 Å². The molecule has 1 fully saturated rings. The smallest absolute Gasteiger partial charge is 0.326 e. The van der Waals surface area contributed by atoms with Gasteiger partial charge in [-0.15, -0.1) is 0 Å². The van der Waals surface area contributed by atoms with Gasteiger partial charge in [0.15, 0.2) is 0 Å². The number of nitrogens with zero attached hydrogens (tertiary/aromatic N) is 1. The predicted molar refractivity (Wildman–Crippen MR) is 81.7 cm³/mol. The summed E-state index contributed by atoms with van der Waals surface area (Å²) in [5, 5.41) is 10.2. The van der Waals surface area contributed by atoms with Gasteiger partial charge in [0, 0.05) is 22.5 Å². The molecule has 114 valence electrons. The van der Waals surface area contributed by atoms with Gasteiger partial charge < -0.3 is 10.0 Å². The van der Waals surface area contributed by atoms with E-state index in [9.17, 15) is 9.59 Å². The molecule has 1 aromatic rings. The van der Waals surface area contributed by atoms with Crippen molar-refractivity contribution in [1.82, 2.24) is 4.90 Å². The summed E-state index contributed by atoms with van der Waals surface area (Å²) >= 11 is 12.0. The molecule has 0 bridgehead atoms. The van der Waals surface area contributed by atoms with Crippen molar-refractivity contribution in [2.45, 2.75) is 32.2 Å². The van der Waals surface area contributed by atoms with Gasteiger partial charge in [-0.1, -0.05) is 36.2 Å². The molecule has 4 nitrogen and oxygen atoms in total. The number of amides is 1. The molecule has 2 atom stereocenters. The lowest BCUT2D eigenvalue weighted by Gasteiger charge is -2.25. The highest BCUT2D eigenvalue weighted by molar-refractivity contribution is 6.35. The minimum atomic E-state index is -0.933. The Bertz CT molecular complexity index is 562. The number of carbonyl (C=O) groups is 2. The maximum atomic E-state index is 12.4. The lowest BCUT2D eigenvalue weighted by atomic mass is 9.99. The molecule has 2 rings (SSSR count). The van der Waals surface area contributed by atoms with E-state index in [1.54, 1.807) is 25.1 Å². The van der Waals surface area contributed by atoms with Gasteiger partial charge >= 0.3 is 5.97 Å². The molecule has 6 heteroatoms. The Hall–Kier alpha value is -1.26. The fraction of sp³-hybridized carbons (Fsp3) is 0.467. The fourth-order valence-corrected chi connectivity index (χ4v) is 3.16. The van der Waals surface area contributed by atoms with Crippen molar-refractivity contribution < 1.29 is 14.7 Å². The highest BCUT2D eigenvalue weighted by atomic mass is 35.5. The van der Waals surface area contributed by atoms with E-state index >= 15 is 0 Å². The van der Waals surface area contributed by atoms with Gasteiger partial charge in [-0.3, -0.25) is 4.79 Å². The summed E-state index contributed by atoms with van der Waals surface area (Å²) in [6, 6.07) is 4.48. The van der Waals surface area contributed by atoms with Crippen LogP contribution in [-0.2, 0) is 16.0 Å². The average molecular weight is 330 g/mol. The minimum Gasteiger partial charge on any atom is -0.480 e. The Kier molecular flexibility index (Phi) is 5.12. The van der Waals surface area contributed by atoms with Crippen molar-refractivity contribution in [1.29, 1.82) is 0 Å². The normalized spacial score (nSPS) is 19.6. The molecule has 0 aromatic heterocycles. The summed E-state index contributed by atoms with van der Waals surface area (Å²) in [6.45, 7) is 2.30. The first kappa shape index (κ1) is 16.1. The molecule has 0 aliphatic carbocycles. The Morgan fingerprint density at radius 2 is 2.14 bits per heavy atom. The number of halogens is 2. The van der Waals surface area contributed by atoms with Crippen molar-refractivity contribution in [3.05, 3.63) is 33.8 Å². The van der Waals surface area contributed by atoms with Crippen LogP contribution in [0.15, 0.2) is 18.2 Å². The van der Waals surface area contributed by atoms with Crippen LogP contribution < -0.4 is 0 Å². The number of rotatable bonds is 4. The number of hydrogen-bond donors (Lipinski definition) is 1. The number of hydrogen-bond acceptors (Lipinski definition) is 2. The summed E-state index contributed by atoms with van der Waals surface area (Å²) < 4.78 is 0. The van der Waals surface area contributed by atoms with Crippen LogP contribution in [0.4, 0.5) is 0 Å². The van der Waals surface area contributed by atoms with Crippen molar-refractivity contribution in [2.75, 3.05) is 6.54 Å². The number of carboxylic acid groups (broad SMARTS) is 1. The SMILES string of the molecule is CC(Cc1ccc(Cl)cc1Cl)C(=O)N1CCC[C@H]1C(=O)O. The number of carbonyl (C=O) groups excluding carboxylic acids is 1. The molecular weight excluding hydrogens is 313 g/mol. The third-order valence-electron chi connectivity index (χ3n) is 3.78. The van der Waals surface area contributed by atoms with Crippen LogP contribution in [0.5, 0.6) is 0 Å². The standard InChI is InChI=1S/C15H17Cl2NO3/c1-9(7-10-4-5-11(16)8-12(10)17)14(19)18-6-2-3-13(18)15(20)21/h4-5,8-9,13H,2-3,6-7H2,1H3,(H,20,21)/t9?,13-/m0/s1. The zero-order chi connectivity index (χ0) is 15.6. The van der Waals surface area contributed by atoms with Gasteiger partial charge in [0.2, 0.25) is 5.91 Å². The van der Waals surface area contributed by atoms with Gasteiger partial charge in [-0.2, -0.15) is 0 Å². The van der Waals surface area contributed by atoms with E-state index in [-0.39, 0.29) is 11.8 Å². The Morgan fingerprint density at radius 3 is 2.76 bits per heavy atom. The van der Waals surface area contributed by atoms with E-state index in [0.717, 1.165) is 12.0 Å². The zero-order valence-corrected chi connectivity index (χ0v) is 13.2. The first-order valence-corrected chi connectivity index (χ1v) is 7.63. The van der Waals surface area contributed by atoms with Crippen LogP contribution >= 0.6 is 23.2 Å². The van der Waals surface area contributed by atoms with Gasteiger partial charge in [-0.25, -0.2) is 4.79 Å². The van der Waals surface area contributed by atoms with E-state index in [1.807, 2.05) is 0 Å². The summed E-state index contributed by atoms with van der Waals surface area (Å²) in [5.41, 5.74) is 0.841. The average Bonchev–Trinajstić information content (AvgIpc) is 2.90.